The van der Waals surface area contributed by atoms with Crippen LogP contribution < -0.4 is 5.32 Å². The number of hydrogen-bond donors (Lipinski definition) is 1. The van der Waals surface area contributed by atoms with Gasteiger partial charge in [0.25, 0.3) is 0 Å². The first-order valence-electron chi connectivity index (χ1n) is 12.5. The lowest BCUT2D eigenvalue weighted by Gasteiger charge is -2.36. The van der Waals surface area contributed by atoms with Gasteiger partial charge in [-0.05, 0) is 31.6 Å². The fourth-order valence-corrected chi connectivity index (χ4v) is 4.24. The van der Waals surface area contributed by atoms with Crippen molar-refractivity contribution in [1.29, 1.82) is 0 Å². The summed E-state index contributed by atoms with van der Waals surface area (Å²) in [4.78, 5) is 35.2. The van der Waals surface area contributed by atoms with Crippen molar-refractivity contribution in [3.05, 3.63) is 0 Å². The summed E-state index contributed by atoms with van der Waals surface area (Å²) in [6, 6.07) is -0.631. The average Bonchev–Trinajstić information content (AvgIpc) is 2.71. The highest BCUT2D eigenvalue weighted by Gasteiger charge is 2.42. The minimum absolute atomic E-state index is 0.0936. The molecule has 0 aromatic rings. The van der Waals surface area contributed by atoms with Crippen LogP contribution in [0.2, 0.25) is 0 Å². The summed E-state index contributed by atoms with van der Waals surface area (Å²) in [5, 5.41) is 2.59. The van der Waals surface area contributed by atoms with Crippen molar-refractivity contribution in [2.45, 2.75) is 129 Å². The second-order valence-electron chi connectivity index (χ2n) is 9.37. The standard InChI is InChI=1S/C25H45NO5/c1-5-7-8-9-10-11-12-13-14-15-20(17-23-21(6-2)24(28)31-23)30-25(29)22(26-18-27)16-19(3)4/h18-23H,5-17H2,1-4H3,(H,26,27)/t20?,21-,22+,23-/m1/s1. The maximum absolute atomic E-state index is 12.7. The van der Waals surface area contributed by atoms with E-state index >= 15 is 0 Å². The maximum atomic E-state index is 12.7. The largest absolute Gasteiger partial charge is 0.461 e. The lowest BCUT2D eigenvalue weighted by atomic mass is 9.88. The number of esters is 2. The molecule has 1 rings (SSSR count). The Balaban J connectivity index is 2.50. The zero-order valence-electron chi connectivity index (χ0n) is 20.2. The Morgan fingerprint density at radius 2 is 1.68 bits per heavy atom. The second kappa shape index (κ2) is 16.1. The van der Waals surface area contributed by atoms with Crippen LogP contribution in [-0.2, 0) is 23.9 Å². The number of rotatable bonds is 19. The van der Waals surface area contributed by atoms with E-state index in [1.165, 1.54) is 44.9 Å². The molecule has 180 valence electrons. The SMILES string of the molecule is CCCCCCCCCCCC(C[C@H]1OC(=O)[C@@H]1CC)OC(=O)[C@H](CC(C)C)NC=O. The van der Waals surface area contributed by atoms with Gasteiger partial charge < -0.3 is 14.8 Å². The molecule has 1 amide bonds. The summed E-state index contributed by atoms with van der Waals surface area (Å²) in [7, 11) is 0. The number of nitrogens with one attached hydrogen (secondary N) is 1. The third-order valence-corrected chi connectivity index (χ3v) is 6.13. The normalized spacial score (nSPS) is 20.0. The molecule has 1 fully saturated rings. The van der Waals surface area contributed by atoms with Crippen LogP contribution in [0.3, 0.4) is 0 Å². The van der Waals surface area contributed by atoms with Crippen LogP contribution in [0.25, 0.3) is 0 Å². The summed E-state index contributed by atoms with van der Waals surface area (Å²) < 4.78 is 11.1. The van der Waals surface area contributed by atoms with Gasteiger partial charge in [-0.2, -0.15) is 0 Å². The zero-order chi connectivity index (χ0) is 23.1. The first kappa shape index (κ1) is 27.4. The molecule has 0 bridgehead atoms. The van der Waals surface area contributed by atoms with Gasteiger partial charge in [-0.1, -0.05) is 79.1 Å². The number of unbranched alkanes of at least 4 members (excludes halogenated alkanes) is 8. The summed E-state index contributed by atoms with van der Waals surface area (Å²) in [5.74, 6) is -0.372. The van der Waals surface area contributed by atoms with E-state index in [4.69, 9.17) is 9.47 Å². The van der Waals surface area contributed by atoms with E-state index in [0.717, 1.165) is 25.7 Å². The van der Waals surface area contributed by atoms with Gasteiger partial charge in [0.05, 0.1) is 5.92 Å². The molecule has 0 aliphatic carbocycles. The Bertz CT molecular complexity index is 522. The van der Waals surface area contributed by atoms with Gasteiger partial charge in [0.1, 0.15) is 18.2 Å². The van der Waals surface area contributed by atoms with Crippen molar-refractivity contribution in [1.82, 2.24) is 5.32 Å². The fraction of sp³-hybridized carbons (Fsp3) is 0.880. The van der Waals surface area contributed by atoms with Gasteiger partial charge in [-0.3, -0.25) is 9.59 Å². The van der Waals surface area contributed by atoms with Crippen molar-refractivity contribution in [2.75, 3.05) is 0 Å². The topological polar surface area (TPSA) is 81.7 Å². The summed E-state index contributed by atoms with van der Waals surface area (Å²) in [6.45, 7) is 8.22. The lowest BCUT2D eigenvalue weighted by molar-refractivity contribution is -0.190. The predicted molar refractivity (Wildman–Crippen MR) is 122 cm³/mol. The molecule has 0 aromatic heterocycles. The third kappa shape index (κ3) is 11.0. The molecule has 0 aromatic carbocycles. The van der Waals surface area contributed by atoms with Crippen LogP contribution in [0.15, 0.2) is 0 Å². The van der Waals surface area contributed by atoms with Crippen LogP contribution in [0, 0.1) is 11.8 Å². The van der Waals surface area contributed by atoms with Crippen molar-refractivity contribution < 1.29 is 23.9 Å². The Kier molecular flexibility index (Phi) is 14.3. The maximum Gasteiger partial charge on any atom is 0.328 e. The van der Waals surface area contributed by atoms with E-state index in [9.17, 15) is 14.4 Å². The van der Waals surface area contributed by atoms with E-state index in [2.05, 4.69) is 12.2 Å². The van der Waals surface area contributed by atoms with Crippen molar-refractivity contribution in [3.8, 4) is 0 Å². The molecular formula is C25H45NO5. The van der Waals surface area contributed by atoms with E-state index in [1.54, 1.807) is 0 Å². The van der Waals surface area contributed by atoms with E-state index in [1.807, 2.05) is 20.8 Å². The molecule has 1 N–H and O–H groups in total. The van der Waals surface area contributed by atoms with Crippen molar-refractivity contribution >= 4 is 18.3 Å². The molecule has 31 heavy (non-hydrogen) atoms. The Morgan fingerprint density at radius 3 is 2.19 bits per heavy atom. The van der Waals surface area contributed by atoms with Crippen molar-refractivity contribution in [2.24, 2.45) is 11.8 Å². The molecule has 0 spiro atoms. The predicted octanol–water partition coefficient (Wildman–Crippen LogP) is 5.32. The molecule has 6 nitrogen and oxygen atoms in total. The molecule has 1 aliphatic heterocycles. The van der Waals surface area contributed by atoms with Gasteiger partial charge in [-0.15, -0.1) is 0 Å². The summed E-state index contributed by atoms with van der Waals surface area (Å²) in [6.07, 6.45) is 13.8. The number of hydrogen-bond acceptors (Lipinski definition) is 5. The molecule has 1 aliphatic rings. The minimum atomic E-state index is -0.631. The smallest absolute Gasteiger partial charge is 0.328 e. The molecule has 4 atom stereocenters. The average molecular weight is 440 g/mol. The van der Waals surface area contributed by atoms with Crippen LogP contribution in [0.5, 0.6) is 0 Å². The number of ether oxygens (including phenoxy) is 2. The monoisotopic (exact) mass is 439 g/mol. The summed E-state index contributed by atoms with van der Waals surface area (Å²) in [5.41, 5.74) is 0. The minimum Gasteiger partial charge on any atom is -0.461 e. The van der Waals surface area contributed by atoms with E-state index in [0.29, 0.717) is 19.3 Å². The molecule has 0 radical (unpaired) electrons. The van der Waals surface area contributed by atoms with Gasteiger partial charge >= 0.3 is 11.9 Å². The van der Waals surface area contributed by atoms with Crippen LogP contribution in [-0.4, -0.2) is 36.6 Å². The first-order valence-corrected chi connectivity index (χ1v) is 12.5. The fourth-order valence-electron chi connectivity index (χ4n) is 4.24. The first-order chi connectivity index (χ1) is 14.9. The van der Waals surface area contributed by atoms with Gasteiger partial charge in [0.15, 0.2) is 0 Å². The van der Waals surface area contributed by atoms with Gasteiger partial charge in [-0.25, -0.2) is 4.79 Å². The Labute approximate surface area is 189 Å². The number of amides is 1. The van der Waals surface area contributed by atoms with Crippen LogP contribution in [0.4, 0.5) is 0 Å². The summed E-state index contributed by atoms with van der Waals surface area (Å²) >= 11 is 0. The van der Waals surface area contributed by atoms with Gasteiger partial charge in [0.2, 0.25) is 6.41 Å². The molecule has 1 saturated heterocycles. The Hall–Kier alpha value is -1.59. The number of cyclic esters (lactones) is 1. The number of carbonyl (C=O) groups excluding carboxylic acids is 3. The Morgan fingerprint density at radius 1 is 1.06 bits per heavy atom. The van der Waals surface area contributed by atoms with E-state index < -0.39 is 6.04 Å². The highest BCUT2D eigenvalue weighted by atomic mass is 16.6. The third-order valence-electron chi connectivity index (χ3n) is 6.13. The molecule has 0 saturated carbocycles. The van der Waals surface area contributed by atoms with Crippen molar-refractivity contribution in [3.63, 3.8) is 0 Å². The van der Waals surface area contributed by atoms with Crippen LogP contribution in [0.1, 0.15) is 111 Å². The highest BCUT2D eigenvalue weighted by Crippen LogP contribution is 2.31. The molecular weight excluding hydrogens is 394 g/mol. The van der Waals surface area contributed by atoms with Gasteiger partial charge in [0, 0.05) is 6.42 Å². The molecule has 1 heterocycles. The van der Waals surface area contributed by atoms with Crippen LogP contribution >= 0.6 is 0 Å². The second-order valence-corrected chi connectivity index (χ2v) is 9.37. The molecule has 6 heteroatoms. The lowest BCUT2D eigenvalue weighted by Crippen LogP contribution is -2.47. The zero-order valence-corrected chi connectivity index (χ0v) is 20.2. The quantitative estimate of drug-likeness (QED) is 0.167. The van der Waals surface area contributed by atoms with E-state index in [-0.39, 0.29) is 36.0 Å². The highest BCUT2D eigenvalue weighted by molar-refractivity contribution is 5.79. The molecule has 1 unspecified atom stereocenters. The number of carbonyl (C=O) groups is 3.